The van der Waals surface area contributed by atoms with Crippen LogP contribution in [0.5, 0.6) is 0 Å². The Hall–Kier alpha value is 0.489. The van der Waals surface area contributed by atoms with Crippen molar-refractivity contribution in [1.29, 1.82) is 0 Å². The largest absolute Gasteiger partial charge is 0.394 e. The van der Waals surface area contributed by atoms with E-state index in [1.165, 1.54) is 7.06 Å². The van der Waals surface area contributed by atoms with Gasteiger partial charge >= 0.3 is 0 Å². The molecular weight excluding hydrogens is 280 g/mol. The fourth-order valence-corrected chi connectivity index (χ4v) is 2.29. The second-order valence-corrected chi connectivity index (χ2v) is 6.01. The lowest BCUT2D eigenvalue weighted by molar-refractivity contribution is -0.0303. The van der Waals surface area contributed by atoms with Crippen molar-refractivity contribution in [1.82, 2.24) is 0 Å². The number of ether oxygens (including phenoxy) is 2. The minimum atomic E-state index is -0.700. The lowest BCUT2D eigenvalue weighted by Gasteiger charge is -2.18. The summed E-state index contributed by atoms with van der Waals surface area (Å²) in [5.74, 6) is 0.558. The highest BCUT2D eigenvalue weighted by atomic mass is 16.6. The summed E-state index contributed by atoms with van der Waals surface area (Å²) >= 11 is 0. The molecular formula is C9H16B10O4. The van der Waals surface area contributed by atoms with Crippen molar-refractivity contribution in [3.8, 4) is 0 Å². The lowest BCUT2D eigenvalue weighted by Crippen LogP contribution is -2.55. The Morgan fingerprint density at radius 2 is 1.87 bits per heavy atom. The van der Waals surface area contributed by atoms with Gasteiger partial charge in [-0.2, -0.15) is 0 Å². The minimum absolute atomic E-state index is 0.138. The molecule has 2 aliphatic heterocycles. The van der Waals surface area contributed by atoms with E-state index < -0.39 is 25.0 Å². The summed E-state index contributed by atoms with van der Waals surface area (Å²) in [4.78, 5) is 0. The molecule has 0 amide bonds. The van der Waals surface area contributed by atoms with Gasteiger partial charge in [-0.05, 0) is 6.92 Å². The minimum Gasteiger partial charge on any atom is -0.394 e. The molecule has 0 spiro atoms. The number of hydrogen-bond acceptors (Lipinski definition) is 4. The van der Waals surface area contributed by atoms with E-state index in [2.05, 4.69) is 7.28 Å². The quantitative estimate of drug-likeness (QED) is 0.470. The molecule has 0 bridgehead atoms. The predicted octanol–water partition coefficient (Wildman–Crippen LogP) is -3.99. The third-order valence-electron chi connectivity index (χ3n) is 3.93. The van der Waals surface area contributed by atoms with Crippen LogP contribution in [0, 0.1) is 0 Å². The predicted molar refractivity (Wildman–Crippen MR) is 103 cm³/mol. The Bertz CT molecular complexity index is 325. The third-order valence-corrected chi connectivity index (χ3v) is 3.93. The van der Waals surface area contributed by atoms with E-state index in [-0.39, 0.29) is 25.2 Å². The maximum Gasteiger partial charge on any atom is 0.115 e. The molecule has 2 fully saturated rings. The third kappa shape index (κ3) is 7.09. The fraction of sp³-hybridized carbons (Fsp3) is 1.00. The van der Waals surface area contributed by atoms with Gasteiger partial charge in [0.1, 0.15) is 25.6 Å². The maximum absolute atomic E-state index is 9.73. The van der Waals surface area contributed by atoms with Gasteiger partial charge in [-0.3, -0.25) is 0 Å². The second-order valence-electron chi connectivity index (χ2n) is 6.01. The molecule has 2 saturated heterocycles. The van der Waals surface area contributed by atoms with Crippen LogP contribution in [0.3, 0.4) is 0 Å². The topological polar surface area (TPSA) is 58.9 Å². The van der Waals surface area contributed by atoms with Crippen LogP contribution in [-0.4, -0.2) is 120 Å². The highest BCUT2D eigenvalue weighted by molar-refractivity contribution is 7.93. The van der Waals surface area contributed by atoms with E-state index in [1.54, 1.807) is 0 Å². The Morgan fingerprint density at radius 3 is 2.17 bits per heavy atom. The summed E-state index contributed by atoms with van der Waals surface area (Å²) in [6.45, 7) is 2.37. The monoisotopic (exact) mass is 298 g/mol. The van der Waals surface area contributed by atoms with Gasteiger partial charge in [0, 0.05) is 71.5 Å². The first-order chi connectivity index (χ1) is 10.8. The highest BCUT2D eigenvalue weighted by Crippen LogP contribution is 2.30. The van der Waals surface area contributed by atoms with Crippen molar-refractivity contribution in [2.75, 3.05) is 13.2 Å². The molecule has 0 saturated carbocycles. The first-order valence-electron chi connectivity index (χ1n) is 7.78. The van der Waals surface area contributed by atoms with E-state index in [1.807, 2.05) is 6.92 Å². The zero-order valence-electron chi connectivity index (χ0n) is 13.5. The van der Waals surface area contributed by atoms with Gasteiger partial charge in [-0.25, -0.2) is 0 Å². The van der Waals surface area contributed by atoms with Crippen molar-refractivity contribution in [2.24, 2.45) is 0 Å². The van der Waals surface area contributed by atoms with Gasteiger partial charge in [0.15, 0.2) is 0 Å². The first-order valence-corrected chi connectivity index (χ1v) is 7.78. The van der Waals surface area contributed by atoms with Crippen LogP contribution in [0.15, 0.2) is 0 Å². The first kappa shape index (κ1) is 21.5. The van der Waals surface area contributed by atoms with Gasteiger partial charge in [-0.15, -0.1) is 0 Å². The standard InChI is InChI=1S/C9H16BO4.B9/c1-5-9(13-4-6-2-10-6)8(12)7(3-11)14-5;1-6-9(7(2)3)8(4)5/h5-9,11-12H,2-4H2,1H3;/t5-,6?,7+,8-,9?;/m0./s1. The Kier molecular flexibility index (Phi) is 9.81. The smallest absolute Gasteiger partial charge is 0.115 e. The van der Waals surface area contributed by atoms with Crippen LogP contribution in [0.25, 0.3) is 0 Å². The van der Waals surface area contributed by atoms with Gasteiger partial charge in [0.05, 0.1) is 12.7 Å². The van der Waals surface area contributed by atoms with Gasteiger partial charge in [-0.1, -0.05) is 12.1 Å². The summed E-state index contributed by atoms with van der Waals surface area (Å²) in [6.07, 6.45) is -1.97. The molecule has 23 heavy (non-hydrogen) atoms. The van der Waals surface area contributed by atoms with Crippen LogP contribution in [0.2, 0.25) is 12.1 Å². The van der Waals surface area contributed by atoms with Gasteiger partial charge in [0.2, 0.25) is 0 Å². The maximum atomic E-state index is 9.73. The van der Waals surface area contributed by atoms with Crippen molar-refractivity contribution >= 4 is 72.2 Å². The van der Waals surface area contributed by atoms with E-state index in [9.17, 15) is 5.11 Å². The van der Waals surface area contributed by atoms with Crippen molar-refractivity contribution in [3.63, 3.8) is 0 Å². The van der Waals surface area contributed by atoms with Crippen molar-refractivity contribution < 1.29 is 19.7 Å². The van der Waals surface area contributed by atoms with Gasteiger partial charge in [0.25, 0.3) is 0 Å². The SMILES string of the molecule is C[C@@H]1O[C@H](CO)[C@H](O)C1OCC1[B]C1.[B][B]B(B([B])[B])B([B])[B]. The summed E-state index contributed by atoms with van der Waals surface area (Å²) < 4.78 is 10.9. The summed E-state index contributed by atoms with van der Waals surface area (Å²) in [5, 5.41) is 18.6. The average Bonchev–Trinajstić information content (AvgIpc) is 3.25. The van der Waals surface area contributed by atoms with E-state index in [4.69, 9.17) is 53.3 Å². The molecule has 0 aliphatic carbocycles. The summed E-state index contributed by atoms with van der Waals surface area (Å²) in [5.41, 5.74) is 0. The molecule has 12 radical (unpaired) electrons. The number of hydrogen-bond donors (Lipinski definition) is 2. The van der Waals surface area contributed by atoms with Crippen LogP contribution in [0.4, 0.5) is 0 Å². The molecule has 2 heterocycles. The highest BCUT2D eigenvalue weighted by Gasteiger charge is 2.42. The average molecular weight is 296 g/mol. The number of aliphatic hydroxyl groups is 2. The molecule has 0 aromatic heterocycles. The molecule has 0 aromatic carbocycles. The van der Waals surface area contributed by atoms with Crippen molar-refractivity contribution in [2.45, 2.75) is 43.5 Å². The number of aliphatic hydroxyl groups excluding tert-OH is 2. The van der Waals surface area contributed by atoms with E-state index in [0.717, 1.165) is 6.32 Å². The molecule has 5 atom stereocenters. The van der Waals surface area contributed by atoms with Crippen LogP contribution in [-0.2, 0) is 9.47 Å². The Labute approximate surface area is 149 Å². The molecule has 14 heteroatoms. The lowest BCUT2D eigenvalue weighted by atomic mass is 8.64. The number of rotatable bonds is 7. The van der Waals surface area contributed by atoms with Crippen LogP contribution < -0.4 is 0 Å². The van der Waals surface area contributed by atoms with E-state index in [0.29, 0.717) is 12.4 Å². The molecule has 106 valence electrons. The van der Waals surface area contributed by atoms with Crippen LogP contribution in [0.1, 0.15) is 6.92 Å². The Morgan fingerprint density at radius 1 is 1.30 bits per heavy atom. The summed E-state index contributed by atoms with van der Waals surface area (Å²) in [7, 11) is 29.6. The zero-order chi connectivity index (χ0) is 17.6. The fourth-order valence-electron chi connectivity index (χ4n) is 2.29. The van der Waals surface area contributed by atoms with Crippen LogP contribution >= 0.6 is 0 Å². The van der Waals surface area contributed by atoms with Crippen molar-refractivity contribution in [3.05, 3.63) is 0 Å². The summed E-state index contributed by atoms with van der Waals surface area (Å²) in [6, 6.07) is 0. The molecule has 2 aliphatic rings. The molecule has 2 unspecified atom stereocenters. The molecule has 0 aromatic rings. The normalized spacial score (nSPS) is 31.3. The van der Waals surface area contributed by atoms with Gasteiger partial charge < -0.3 is 19.7 Å². The molecule has 4 nitrogen and oxygen atoms in total. The Balaban J connectivity index is 0.000000257. The molecule has 2 N–H and O–H groups in total. The zero-order valence-corrected chi connectivity index (χ0v) is 13.5. The second kappa shape index (κ2) is 10.5. The molecule has 2 rings (SSSR count). The van der Waals surface area contributed by atoms with E-state index >= 15 is 0 Å².